The molecule has 10 unspecified atom stereocenters. The third kappa shape index (κ3) is 6.84. The molecule has 2 saturated carbocycles. The summed E-state index contributed by atoms with van der Waals surface area (Å²) in [6.45, 7) is 8.00. The monoisotopic (exact) mass is 688 g/mol. The Morgan fingerprint density at radius 3 is 1.68 bits per heavy atom. The van der Waals surface area contributed by atoms with Gasteiger partial charge in [-0.25, -0.2) is 0 Å². The Morgan fingerprint density at radius 1 is 0.795 bits per heavy atom. The summed E-state index contributed by atoms with van der Waals surface area (Å²) in [5.74, 6) is 9.17. The van der Waals surface area contributed by atoms with E-state index < -0.39 is 47.3 Å². The predicted molar refractivity (Wildman–Crippen MR) is 140 cm³/mol. The number of hydrogen-bond donors (Lipinski definition) is 4. The zero-order valence-electron chi connectivity index (χ0n) is 24.4. The van der Waals surface area contributed by atoms with Crippen molar-refractivity contribution >= 4 is 23.3 Å². The number of nitrogens with one attached hydrogen (secondary N) is 2. The van der Waals surface area contributed by atoms with Gasteiger partial charge in [-0.05, 0) is 90.8 Å². The Balaban J connectivity index is 0.000000474. The number of amides is 1. The average molecular weight is 689 g/mol. The van der Waals surface area contributed by atoms with Gasteiger partial charge in [-0.15, -0.1) is 18.4 Å². The molecule has 6 bridgehead atoms. The second-order valence-corrected chi connectivity index (χ2v) is 9.95. The van der Waals surface area contributed by atoms with Crippen LogP contribution in [0.3, 0.4) is 0 Å². The maximum atomic E-state index is 12.8. The van der Waals surface area contributed by atoms with Gasteiger partial charge in [-0.1, -0.05) is 23.5 Å². The van der Waals surface area contributed by atoms with E-state index in [0.29, 0.717) is 0 Å². The average Bonchev–Trinajstić information content (AvgIpc) is 3.38. The minimum Gasteiger partial charge on any atom is -0.637 e. The van der Waals surface area contributed by atoms with E-state index in [4.69, 9.17) is 22.8 Å². The number of nitrogens with two attached hydrogens (primary N) is 2. The quantitative estimate of drug-likeness (QED) is 0.128. The van der Waals surface area contributed by atoms with Gasteiger partial charge < -0.3 is 21.9 Å². The van der Waals surface area contributed by atoms with E-state index in [9.17, 15) is 19.2 Å². The van der Waals surface area contributed by atoms with Crippen LogP contribution in [0.5, 0.6) is 0 Å². The van der Waals surface area contributed by atoms with Gasteiger partial charge in [0.2, 0.25) is 5.91 Å². The summed E-state index contributed by atoms with van der Waals surface area (Å²) in [7, 11) is 0. The number of carbonyl (C=O) groups is 4. The Morgan fingerprint density at radius 2 is 1.27 bits per heavy atom. The first-order valence-corrected chi connectivity index (χ1v) is 12.6. The van der Waals surface area contributed by atoms with Crippen LogP contribution >= 0.6 is 0 Å². The van der Waals surface area contributed by atoms with Crippen LogP contribution in [0, 0.1) is 64.3 Å². The molecule has 0 aromatic carbocycles. The molecule has 3 heterocycles. The number of ketones is 3. The van der Waals surface area contributed by atoms with Crippen molar-refractivity contribution in [1.82, 2.24) is 4.90 Å². The minimum atomic E-state index is -0.862. The van der Waals surface area contributed by atoms with Crippen molar-refractivity contribution in [2.24, 2.45) is 115 Å². The van der Waals surface area contributed by atoms with Crippen molar-refractivity contribution in [3.63, 3.8) is 0 Å². The standard InChI is InChI=1S/C21H25N2O4.H3N9.H3N7.Y/c1-7-21-8(2)13-14(9(3)24)18-16(17(21)11(5)26)15(10(4)25)19(21)22-20(13)23(18)12(6)27;1-3-5-7-9-8-6-4-2;1-3-5-7-6-4-2;/h1,8,13-20H,2-6H3;(H3,1,2,5,6,9);(H3,1,2,5,6);/q-1;;;. The Kier molecular flexibility index (Phi) is 14.4. The van der Waals surface area contributed by atoms with E-state index in [0.717, 1.165) is 0 Å². The van der Waals surface area contributed by atoms with E-state index >= 15 is 0 Å². The fraction of sp³-hybridized carbons (Fsp3) is 0.714. The van der Waals surface area contributed by atoms with Crippen LogP contribution in [0.2, 0.25) is 0 Å². The van der Waals surface area contributed by atoms with Gasteiger partial charge in [0.15, 0.2) is 0 Å². The van der Waals surface area contributed by atoms with E-state index in [1.54, 1.807) is 4.90 Å². The summed E-state index contributed by atoms with van der Waals surface area (Å²) in [5.41, 5.74) is 11.2. The second kappa shape index (κ2) is 16.7. The van der Waals surface area contributed by atoms with Crippen LogP contribution in [0.1, 0.15) is 34.6 Å². The zero-order chi connectivity index (χ0) is 32.5. The Bertz CT molecular complexity index is 1310. The van der Waals surface area contributed by atoms with Crippen LogP contribution in [-0.4, -0.2) is 46.4 Å². The summed E-state index contributed by atoms with van der Waals surface area (Å²) in [6, 6.07) is -0.971. The largest absolute Gasteiger partial charge is 0.637 e. The SMILES string of the molecule is C#CC12C(C)C3C(C(C)=O)C4C(C(C(C)=O)C1[N-]C3N4C(C)=O)C2C(C)=O.N=N/N=N/N=N/N.N=N/N=N/N=N/N=N/N.[Y]. The number of terminal acetylenes is 1. The number of rotatable bonds is 8. The van der Waals surface area contributed by atoms with Crippen LogP contribution in [0.25, 0.3) is 5.32 Å². The Hall–Kier alpha value is -4.10. The number of Topliss-reactive ketones (excluding diaryl/α,β-unsaturated/α-hetero) is 3. The first kappa shape index (κ1) is 37.9. The molecule has 23 heteroatoms. The molecular formula is C21H31N18O4Y-. The van der Waals surface area contributed by atoms with Crippen molar-refractivity contribution < 1.29 is 51.9 Å². The Labute approximate surface area is 276 Å². The first-order valence-electron chi connectivity index (χ1n) is 12.6. The summed E-state index contributed by atoms with van der Waals surface area (Å²) >= 11 is 0. The molecule has 22 nitrogen and oxygen atoms in total. The third-order valence-electron chi connectivity index (χ3n) is 8.34. The molecule has 2 aliphatic carbocycles. The molecule has 0 aromatic heterocycles. The van der Waals surface area contributed by atoms with E-state index in [1.807, 2.05) is 6.92 Å². The molecule has 3 saturated heterocycles. The third-order valence-corrected chi connectivity index (χ3v) is 8.34. The van der Waals surface area contributed by atoms with Crippen molar-refractivity contribution in [3.8, 4) is 12.3 Å². The van der Waals surface area contributed by atoms with Crippen LogP contribution < -0.4 is 11.7 Å². The molecule has 5 fully saturated rings. The van der Waals surface area contributed by atoms with Crippen molar-refractivity contribution in [1.29, 1.82) is 11.1 Å². The summed E-state index contributed by atoms with van der Waals surface area (Å²) in [6.07, 6.45) is 5.61. The normalized spacial score (nSPS) is 34.3. The molecule has 233 valence electrons. The van der Waals surface area contributed by atoms with Crippen molar-refractivity contribution in [2.45, 2.75) is 52.9 Å². The van der Waals surface area contributed by atoms with Gasteiger partial charge >= 0.3 is 0 Å². The predicted octanol–water partition coefficient (Wildman–Crippen LogP) is 3.05. The van der Waals surface area contributed by atoms with Gasteiger partial charge in [0.05, 0.1) is 0 Å². The number of nitrogens with zero attached hydrogens (tertiary/aromatic N) is 14. The van der Waals surface area contributed by atoms with Crippen LogP contribution in [0.4, 0.5) is 0 Å². The van der Waals surface area contributed by atoms with Crippen molar-refractivity contribution in [2.75, 3.05) is 0 Å². The molecule has 10 atom stereocenters. The topological polar surface area (TPSA) is 334 Å². The molecule has 3 aliphatic heterocycles. The number of carbonyl (C=O) groups excluding carboxylic acids is 4. The van der Waals surface area contributed by atoms with Gasteiger partial charge in [-0.2, -0.15) is 11.1 Å². The van der Waals surface area contributed by atoms with E-state index in [-0.39, 0.29) is 67.8 Å². The molecule has 0 aromatic rings. The van der Waals surface area contributed by atoms with Crippen molar-refractivity contribution in [3.05, 3.63) is 5.32 Å². The molecular weight excluding hydrogens is 657 g/mol. The summed E-state index contributed by atoms with van der Waals surface area (Å²) in [4.78, 5) is 52.5. The molecule has 1 radical (unpaired) electrons. The number of piperidine rings is 1. The minimum absolute atomic E-state index is 0. The van der Waals surface area contributed by atoms with Gasteiger partial charge in [0.1, 0.15) is 17.3 Å². The molecule has 0 spiro atoms. The zero-order valence-corrected chi connectivity index (χ0v) is 27.2. The van der Waals surface area contributed by atoms with E-state index in [2.05, 4.69) is 80.3 Å². The van der Waals surface area contributed by atoms with Gasteiger partial charge in [0.25, 0.3) is 0 Å². The summed E-state index contributed by atoms with van der Waals surface area (Å²) in [5, 5.41) is 37.9. The molecule has 5 rings (SSSR count). The fourth-order valence-electron chi connectivity index (χ4n) is 7.46. The van der Waals surface area contributed by atoms with E-state index in [1.165, 1.54) is 27.7 Å². The smallest absolute Gasteiger partial charge is 0.218 e. The van der Waals surface area contributed by atoms with Gasteiger partial charge in [0, 0.05) is 68.8 Å². The molecule has 6 N–H and O–H groups in total. The molecule has 1 amide bonds. The maximum absolute atomic E-state index is 12.8. The van der Waals surface area contributed by atoms with Crippen LogP contribution in [0.15, 0.2) is 62.7 Å². The fourth-order valence-corrected chi connectivity index (χ4v) is 7.46. The molecule has 5 aliphatic rings. The first-order chi connectivity index (χ1) is 20.4. The second-order valence-electron chi connectivity index (χ2n) is 9.95. The summed E-state index contributed by atoms with van der Waals surface area (Å²) < 4.78 is 0. The molecule has 44 heavy (non-hydrogen) atoms. The number of hydrogen-bond acceptors (Lipinski definition) is 8. The van der Waals surface area contributed by atoms with Crippen LogP contribution in [-0.2, 0) is 51.9 Å². The maximum Gasteiger partial charge on any atom is 0.218 e. The van der Waals surface area contributed by atoms with Gasteiger partial charge in [-0.3, -0.25) is 19.2 Å².